The molecule has 42 heavy (non-hydrogen) atoms. The minimum Gasteiger partial charge on any atom is -0.313 e. The molecule has 0 atom stereocenters. The van der Waals surface area contributed by atoms with Crippen LogP contribution in [0, 0.1) is 22.7 Å². The van der Waals surface area contributed by atoms with E-state index in [1.807, 2.05) is 12.1 Å². The molecule has 2 aromatic heterocycles. The van der Waals surface area contributed by atoms with Crippen LogP contribution >= 0.6 is 0 Å². The molecule has 0 radical (unpaired) electrons. The number of hydrogen-bond donors (Lipinski definition) is 0. The van der Waals surface area contributed by atoms with Crippen molar-refractivity contribution >= 4 is 38.8 Å². The fourth-order valence-corrected chi connectivity index (χ4v) is 6.73. The summed E-state index contributed by atoms with van der Waals surface area (Å²) in [5.41, 5.74) is 10.6. The smallest absolute Gasteiger partial charge is 0.0998 e. The van der Waals surface area contributed by atoms with Crippen LogP contribution in [0.1, 0.15) is 28.8 Å². The summed E-state index contributed by atoms with van der Waals surface area (Å²) >= 11 is 0. The van der Waals surface area contributed by atoms with Gasteiger partial charge in [0.15, 0.2) is 0 Å². The largest absolute Gasteiger partial charge is 0.313 e. The molecule has 7 aromatic rings. The summed E-state index contributed by atoms with van der Waals surface area (Å²) in [5.74, 6) is 0. The molecule has 0 N–H and O–H groups in total. The van der Waals surface area contributed by atoms with E-state index in [0.717, 1.165) is 51.6 Å². The van der Waals surface area contributed by atoms with Crippen LogP contribution in [-0.2, 0) is 6.42 Å². The maximum absolute atomic E-state index is 10.0. The van der Waals surface area contributed by atoms with E-state index in [1.165, 1.54) is 22.2 Å². The summed E-state index contributed by atoms with van der Waals surface area (Å²) in [5, 5.41) is 23.5. The summed E-state index contributed by atoms with van der Waals surface area (Å²) in [6.45, 7) is 0. The number of para-hydroxylation sites is 3. The molecule has 0 aliphatic heterocycles. The third-order valence-electron chi connectivity index (χ3n) is 8.48. The first-order valence-electron chi connectivity index (χ1n) is 14.1. The molecule has 4 heteroatoms. The van der Waals surface area contributed by atoms with Crippen LogP contribution in [0.2, 0.25) is 0 Å². The van der Waals surface area contributed by atoms with Crippen LogP contribution in [0.15, 0.2) is 115 Å². The second-order valence-electron chi connectivity index (χ2n) is 10.7. The summed E-state index contributed by atoms with van der Waals surface area (Å²) < 4.78 is 4.67. The first-order chi connectivity index (χ1) is 20.8. The van der Waals surface area contributed by atoms with Gasteiger partial charge in [-0.2, -0.15) is 10.5 Å². The van der Waals surface area contributed by atoms with Crippen molar-refractivity contribution in [2.45, 2.75) is 12.8 Å². The average molecular weight is 537 g/mol. The zero-order valence-electron chi connectivity index (χ0n) is 22.8. The Morgan fingerprint density at radius 2 is 1.17 bits per heavy atom. The molecule has 0 fully saturated rings. The van der Waals surface area contributed by atoms with Crippen LogP contribution in [0.5, 0.6) is 0 Å². The fraction of sp³-hybridized carbons (Fsp3) is 0.0526. The van der Waals surface area contributed by atoms with Crippen molar-refractivity contribution in [2.24, 2.45) is 0 Å². The maximum atomic E-state index is 10.0. The van der Waals surface area contributed by atoms with Gasteiger partial charge in [0, 0.05) is 49.9 Å². The molecule has 8 rings (SSSR count). The van der Waals surface area contributed by atoms with Gasteiger partial charge in [-0.1, -0.05) is 72.8 Å². The van der Waals surface area contributed by atoms with Gasteiger partial charge in [0.25, 0.3) is 0 Å². The number of fused-ring (bicyclic) bond motifs is 6. The maximum Gasteiger partial charge on any atom is 0.0998 e. The summed E-state index contributed by atoms with van der Waals surface area (Å²) in [7, 11) is 0. The Bertz CT molecular complexity index is 2280. The quantitative estimate of drug-likeness (QED) is 0.226. The van der Waals surface area contributed by atoms with Gasteiger partial charge >= 0.3 is 0 Å². The highest BCUT2D eigenvalue weighted by molar-refractivity contribution is 6.14. The van der Waals surface area contributed by atoms with Gasteiger partial charge in [0.05, 0.1) is 39.8 Å². The third kappa shape index (κ3) is 3.40. The minimum atomic E-state index is 0.493. The van der Waals surface area contributed by atoms with Crippen molar-refractivity contribution in [1.29, 1.82) is 10.5 Å². The van der Waals surface area contributed by atoms with E-state index in [9.17, 15) is 10.5 Å². The number of nitrogens with zero attached hydrogens (tertiary/aromatic N) is 4. The molecule has 0 bridgehead atoms. The zero-order chi connectivity index (χ0) is 28.2. The Labute approximate surface area is 243 Å². The van der Waals surface area contributed by atoms with Crippen molar-refractivity contribution in [1.82, 2.24) is 9.13 Å². The Balaban J connectivity index is 1.39. The van der Waals surface area contributed by atoms with Gasteiger partial charge in [0.2, 0.25) is 0 Å². The molecule has 196 valence electrons. The Hall–Kier alpha value is -5.84. The molecular weight excluding hydrogens is 512 g/mol. The van der Waals surface area contributed by atoms with Crippen LogP contribution in [0.3, 0.4) is 0 Å². The number of rotatable bonds is 3. The first-order valence-corrected chi connectivity index (χ1v) is 14.1. The van der Waals surface area contributed by atoms with E-state index in [-0.39, 0.29) is 0 Å². The average Bonchev–Trinajstić information content (AvgIpc) is 3.58. The zero-order valence-corrected chi connectivity index (χ0v) is 22.8. The predicted octanol–water partition coefficient (Wildman–Crippen LogP) is 9.10. The van der Waals surface area contributed by atoms with Crippen molar-refractivity contribution < 1.29 is 0 Å². The van der Waals surface area contributed by atoms with E-state index in [4.69, 9.17) is 0 Å². The van der Waals surface area contributed by atoms with E-state index in [1.54, 1.807) is 18.2 Å². The second-order valence-corrected chi connectivity index (χ2v) is 10.7. The molecular formula is C38H24N4. The molecule has 0 saturated heterocycles. The lowest BCUT2D eigenvalue weighted by Gasteiger charge is -2.16. The van der Waals surface area contributed by atoms with Gasteiger partial charge in [-0.3, -0.25) is 0 Å². The highest BCUT2D eigenvalue weighted by atomic mass is 15.0. The number of hydrogen-bond acceptors (Lipinski definition) is 2. The summed E-state index contributed by atoms with van der Waals surface area (Å²) in [6.07, 6.45) is 6.59. The van der Waals surface area contributed by atoms with Gasteiger partial charge in [-0.05, 0) is 61.4 Å². The van der Waals surface area contributed by atoms with E-state index in [0.29, 0.717) is 16.7 Å². The van der Waals surface area contributed by atoms with Crippen molar-refractivity contribution in [2.75, 3.05) is 0 Å². The monoisotopic (exact) mass is 536 g/mol. The van der Waals surface area contributed by atoms with E-state index >= 15 is 0 Å². The van der Waals surface area contributed by atoms with Crippen LogP contribution in [-0.4, -0.2) is 9.13 Å². The second kappa shape index (κ2) is 9.37. The SMILES string of the molecule is N#Cc1cccc(C#N)c1-c1cccc2c3ccccc3n(-c3ccc(-n4c5c(c6ccccc64)C=CCC5)cc3)c12. The number of benzene rings is 5. The number of nitriles is 2. The predicted molar refractivity (Wildman–Crippen MR) is 170 cm³/mol. The first kappa shape index (κ1) is 24.0. The van der Waals surface area contributed by atoms with Crippen LogP contribution < -0.4 is 0 Å². The molecule has 5 aromatic carbocycles. The lowest BCUT2D eigenvalue weighted by atomic mass is 9.93. The van der Waals surface area contributed by atoms with Gasteiger partial charge in [-0.15, -0.1) is 0 Å². The number of aromatic nitrogens is 2. The molecule has 4 nitrogen and oxygen atoms in total. The van der Waals surface area contributed by atoms with Crippen molar-refractivity contribution in [3.63, 3.8) is 0 Å². The molecule has 0 amide bonds. The van der Waals surface area contributed by atoms with E-state index < -0.39 is 0 Å². The Kier molecular flexibility index (Phi) is 5.36. The molecule has 0 spiro atoms. The van der Waals surface area contributed by atoms with Gasteiger partial charge in [0.1, 0.15) is 0 Å². The minimum absolute atomic E-state index is 0.493. The van der Waals surface area contributed by atoms with Gasteiger partial charge in [-0.25, -0.2) is 0 Å². The van der Waals surface area contributed by atoms with Crippen molar-refractivity contribution in [3.05, 3.63) is 138 Å². The molecule has 0 unspecified atom stereocenters. The Morgan fingerprint density at radius 3 is 1.88 bits per heavy atom. The molecule has 1 aliphatic carbocycles. The highest BCUT2D eigenvalue weighted by Crippen LogP contribution is 2.40. The van der Waals surface area contributed by atoms with Crippen molar-refractivity contribution in [3.8, 4) is 34.6 Å². The van der Waals surface area contributed by atoms with Gasteiger partial charge < -0.3 is 9.13 Å². The topological polar surface area (TPSA) is 57.4 Å². The Morgan fingerprint density at radius 1 is 0.571 bits per heavy atom. The van der Waals surface area contributed by atoms with E-state index in [2.05, 4.69) is 112 Å². The highest BCUT2D eigenvalue weighted by Gasteiger charge is 2.21. The molecule has 1 aliphatic rings. The lowest BCUT2D eigenvalue weighted by molar-refractivity contribution is 0.888. The molecule has 0 saturated carbocycles. The normalized spacial score (nSPS) is 12.4. The summed E-state index contributed by atoms with van der Waals surface area (Å²) in [4.78, 5) is 0. The standard InChI is InChI=1S/C38H24N4/c39-23-25-9-7-10-26(24-40)37(25)33-15-8-14-32-31-13-3-6-18-36(31)42(38(32)33)28-21-19-27(20-22-28)41-34-16-4-1-11-29(34)30-12-2-5-17-35(30)41/h1-4,6-16,18-22H,5,17H2. The lowest BCUT2D eigenvalue weighted by Crippen LogP contribution is -2.03. The summed E-state index contributed by atoms with van der Waals surface area (Å²) in [6, 6.07) is 41.9. The van der Waals surface area contributed by atoms with Crippen LogP contribution in [0.4, 0.5) is 0 Å². The fourth-order valence-electron chi connectivity index (χ4n) is 6.73. The van der Waals surface area contributed by atoms with Crippen LogP contribution in [0.25, 0.3) is 61.3 Å². The molecule has 2 heterocycles. The third-order valence-corrected chi connectivity index (χ3v) is 8.48. The number of allylic oxidation sites excluding steroid dienone is 1.